The van der Waals surface area contributed by atoms with Gasteiger partial charge in [-0.25, -0.2) is 4.79 Å². The molecule has 1 saturated heterocycles. The van der Waals surface area contributed by atoms with E-state index in [4.69, 9.17) is 5.26 Å². The first-order chi connectivity index (χ1) is 8.60. The quantitative estimate of drug-likeness (QED) is 0.657. The van der Waals surface area contributed by atoms with E-state index in [1.807, 2.05) is 6.07 Å². The topological polar surface area (TPSA) is 96.6 Å². The molecule has 18 heavy (non-hydrogen) atoms. The third-order valence-corrected chi connectivity index (χ3v) is 2.79. The molecule has 0 saturated carbocycles. The van der Waals surface area contributed by atoms with Gasteiger partial charge in [-0.2, -0.15) is 5.26 Å². The number of rotatable bonds is 1. The molecule has 1 fully saturated rings. The number of likely N-dealkylation sites (tertiary alicyclic amines) is 1. The third kappa shape index (κ3) is 2.59. The number of benzene rings is 1. The maximum absolute atomic E-state index is 11.8. The first kappa shape index (κ1) is 12.4. The molecule has 0 bridgehead atoms. The van der Waals surface area contributed by atoms with Crippen molar-refractivity contribution < 1.29 is 15.0 Å². The number of anilines is 1. The van der Waals surface area contributed by atoms with Crippen LogP contribution in [-0.4, -0.2) is 46.4 Å². The monoisotopic (exact) mass is 247 g/mol. The highest BCUT2D eigenvalue weighted by molar-refractivity contribution is 5.89. The minimum atomic E-state index is -0.902. The summed E-state index contributed by atoms with van der Waals surface area (Å²) in [5.41, 5.74) is 0.962. The van der Waals surface area contributed by atoms with E-state index < -0.39 is 18.2 Å². The van der Waals surface area contributed by atoms with Gasteiger partial charge in [0.2, 0.25) is 0 Å². The number of hydrogen-bond donors (Lipinski definition) is 3. The highest BCUT2D eigenvalue weighted by Gasteiger charge is 2.32. The summed E-state index contributed by atoms with van der Waals surface area (Å²) in [6, 6.07) is 8.11. The average Bonchev–Trinajstić information content (AvgIpc) is 2.70. The number of aliphatic hydroxyl groups excluding tert-OH is 2. The summed E-state index contributed by atoms with van der Waals surface area (Å²) in [5.74, 6) is 0. The van der Waals surface area contributed by atoms with Crippen LogP contribution in [0.3, 0.4) is 0 Å². The normalized spacial score (nSPS) is 22.6. The number of carbonyl (C=O) groups excluding carboxylic acids is 1. The molecule has 3 N–H and O–H groups in total. The summed E-state index contributed by atoms with van der Waals surface area (Å²) < 4.78 is 0. The molecule has 1 aromatic carbocycles. The highest BCUT2D eigenvalue weighted by atomic mass is 16.3. The van der Waals surface area contributed by atoms with Crippen LogP contribution in [0.25, 0.3) is 0 Å². The van der Waals surface area contributed by atoms with Crippen LogP contribution < -0.4 is 5.32 Å². The molecular weight excluding hydrogens is 234 g/mol. The van der Waals surface area contributed by atoms with E-state index in [1.54, 1.807) is 24.3 Å². The van der Waals surface area contributed by atoms with Crippen molar-refractivity contribution in [1.82, 2.24) is 4.90 Å². The number of amides is 2. The fourth-order valence-corrected chi connectivity index (χ4v) is 1.80. The predicted molar refractivity (Wildman–Crippen MR) is 63.8 cm³/mol. The van der Waals surface area contributed by atoms with Gasteiger partial charge in [-0.1, -0.05) is 6.07 Å². The fourth-order valence-electron chi connectivity index (χ4n) is 1.80. The molecule has 0 aromatic heterocycles. The Kier molecular flexibility index (Phi) is 3.46. The second kappa shape index (κ2) is 5.04. The van der Waals surface area contributed by atoms with Gasteiger partial charge in [0.05, 0.1) is 36.9 Å². The third-order valence-electron chi connectivity index (χ3n) is 2.79. The molecule has 1 heterocycles. The minimum Gasteiger partial charge on any atom is -0.388 e. The number of nitrogens with one attached hydrogen (secondary N) is 1. The Hall–Kier alpha value is -2.10. The van der Waals surface area contributed by atoms with Gasteiger partial charge in [0.15, 0.2) is 0 Å². The Labute approximate surface area is 104 Å². The van der Waals surface area contributed by atoms with Crippen LogP contribution in [0, 0.1) is 11.3 Å². The van der Waals surface area contributed by atoms with Crippen LogP contribution >= 0.6 is 0 Å². The predicted octanol–water partition coefficient (Wildman–Crippen LogP) is 0.128. The fraction of sp³-hybridized carbons (Fsp3) is 0.333. The van der Waals surface area contributed by atoms with Crippen LogP contribution in [0.15, 0.2) is 24.3 Å². The van der Waals surface area contributed by atoms with Gasteiger partial charge in [-0.3, -0.25) is 0 Å². The number of nitrogens with zero attached hydrogens (tertiary/aromatic N) is 2. The van der Waals surface area contributed by atoms with E-state index >= 15 is 0 Å². The molecule has 6 nitrogen and oxygen atoms in total. The van der Waals surface area contributed by atoms with Crippen molar-refractivity contribution in [3.8, 4) is 6.07 Å². The molecular formula is C12H13N3O3. The Balaban J connectivity index is 2.01. The summed E-state index contributed by atoms with van der Waals surface area (Å²) in [4.78, 5) is 13.1. The zero-order valence-electron chi connectivity index (χ0n) is 9.58. The summed E-state index contributed by atoms with van der Waals surface area (Å²) in [7, 11) is 0. The second-order valence-electron chi connectivity index (χ2n) is 4.16. The standard InChI is InChI=1S/C12H13N3O3/c13-5-8-2-1-3-9(4-8)14-12(18)15-6-10(16)11(17)7-15/h1-4,10-11,16-17H,6-7H2,(H,14,18)/t10-,11+. The Bertz CT molecular complexity index is 488. The van der Waals surface area contributed by atoms with E-state index in [9.17, 15) is 15.0 Å². The molecule has 1 aromatic rings. The first-order valence-electron chi connectivity index (χ1n) is 5.52. The first-order valence-corrected chi connectivity index (χ1v) is 5.52. The lowest BCUT2D eigenvalue weighted by atomic mass is 10.2. The second-order valence-corrected chi connectivity index (χ2v) is 4.16. The van der Waals surface area contributed by atoms with Gasteiger partial charge in [-0.15, -0.1) is 0 Å². The van der Waals surface area contributed by atoms with Crippen LogP contribution in [-0.2, 0) is 0 Å². The van der Waals surface area contributed by atoms with Crippen molar-refractivity contribution in [1.29, 1.82) is 5.26 Å². The van der Waals surface area contributed by atoms with Crippen molar-refractivity contribution in [2.75, 3.05) is 18.4 Å². The lowest BCUT2D eigenvalue weighted by Crippen LogP contribution is -2.33. The van der Waals surface area contributed by atoms with Crippen LogP contribution in [0.5, 0.6) is 0 Å². The zero-order chi connectivity index (χ0) is 13.1. The molecule has 0 spiro atoms. The van der Waals surface area contributed by atoms with E-state index in [0.717, 1.165) is 0 Å². The van der Waals surface area contributed by atoms with Crippen LogP contribution in [0.4, 0.5) is 10.5 Å². The number of aliphatic hydroxyl groups is 2. The molecule has 0 unspecified atom stereocenters. The van der Waals surface area contributed by atoms with Crippen LogP contribution in [0.2, 0.25) is 0 Å². The van der Waals surface area contributed by atoms with Crippen molar-refractivity contribution in [2.45, 2.75) is 12.2 Å². The largest absolute Gasteiger partial charge is 0.388 e. The Morgan fingerprint density at radius 1 is 1.39 bits per heavy atom. The van der Waals surface area contributed by atoms with Gasteiger partial charge in [-0.05, 0) is 18.2 Å². The number of nitriles is 1. The van der Waals surface area contributed by atoms with Gasteiger partial charge < -0.3 is 20.4 Å². The summed E-state index contributed by atoms with van der Waals surface area (Å²) in [6.07, 6.45) is -1.80. The van der Waals surface area contributed by atoms with Gasteiger partial charge >= 0.3 is 6.03 Å². The van der Waals surface area contributed by atoms with E-state index in [2.05, 4.69) is 5.32 Å². The van der Waals surface area contributed by atoms with E-state index in [0.29, 0.717) is 11.3 Å². The lowest BCUT2D eigenvalue weighted by Gasteiger charge is -2.16. The number of β-amino-alcohol motifs (C(OH)–C–C–N with tert-alkyl or cyclic N) is 2. The smallest absolute Gasteiger partial charge is 0.322 e. The molecule has 2 rings (SSSR count). The maximum Gasteiger partial charge on any atom is 0.322 e. The van der Waals surface area contributed by atoms with Gasteiger partial charge in [0, 0.05) is 5.69 Å². The summed E-state index contributed by atoms with van der Waals surface area (Å²) in [6.45, 7) is 0.204. The number of hydrogen-bond acceptors (Lipinski definition) is 4. The number of urea groups is 1. The van der Waals surface area contributed by atoms with Gasteiger partial charge in [0.25, 0.3) is 0 Å². The highest BCUT2D eigenvalue weighted by Crippen LogP contribution is 2.14. The molecule has 1 aliphatic heterocycles. The molecule has 0 radical (unpaired) electrons. The molecule has 0 aliphatic carbocycles. The zero-order valence-corrected chi connectivity index (χ0v) is 9.58. The Morgan fingerprint density at radius 2 is 2.06 bits per heavy atom. The van der Waals surface area contributed by atoms with Crippen molar-refractivity contribution in [3.05, 3.63) is 29.8 Å². The molecule has 2 atom stereocenters. The molecule has 6 heteroatoms. The van der Waals surface area contributed by atoms with E-state index in [1.165, 1.54) is 4.90 Å². The average molecular weight is 247 g/mol. The number of carbonyl (C=O) groups is 1. The van der Waals surface area contributed by atoms with Crippen molar-refractivity contribution >= 4 is 11.7 Å². The van der Waals surface area contributed by atoms with Crippen molar-refractivity contribution in [2.24, 2.45) is 0 Å². The van der Waals surface area contributed by atoms with Crippen LogP contribution in [0.1, 0.15) is 5.56 Å². The summed E-state index contributed by atoms with van der Waals surface area (Å²) in [5, 5.41) is 30.1. The molecule has 1 aliphatic rings. The SMILES string of the molecule is N#Cc1cccc(NC(=O)N2C[C@@H](O)[C@@H](O)C2)c1. The van der Waals surface area contributed by atoms with Gasteiger partial charge in [0.1, 0.15) is 0 Å². The molecule has 94 valence electrons. The minimum absolute atomic E-state index is 0.102. The molecule has 2 amide bonds. The van der Waals surface area contributed by atoms with E-state index in [-0.39, 0.29) is 13.1 Å². The maximum atomic E-state index is 11.8. The summed E-state index contributed by atoms with van der Waals surface area (Å²) >= 11 is 0. The van der Waals surface area contributed by atoms with Crippen molar-refractivity contribution in [3.63, 3.8) is 0 Å². The lowest BCUT2D eigenvalue weighted by molar-refractivity contribution is 0.0572. The Morgan fingerprint density at radius 3 is 2.67 bits per heavy atom.